The molecule has 8 heteroatoms. The Bertz CT molecular complexity index is 641. The SMILES string of the molecule is CC(CCC(C)(C)C)COC(=O)CC(C(=O)OCC(C)CCC(C)(C)C)S(=O)(=O)O. The van der Waals surface area contributed by atoms with E-state index in [0.717, 1.165) is 25.7 Å². The van der Waals surface area contributed by atoms with Crippen molar-refractivity contribution in [3.8, 4) is 0 Å². The van der Waals surface area contributed by atoms with Crippen molar-refractivity contribution in [1.82, 2.24) is 0 Å². The monoisotopic (exact) mass is 450 g/mol. The molecule has 1 N–H and O–H groups in total. The van der Waals surface area contributed by atoms with E-state index in [9.17, 15) is 22.6 Å². The molecule has 0 fully saturated rings. The zero-order valence-electron chi connectivity index (χ0n) is 20.0. The molecule has 0 aromatic heterocycles. The largest absolute Gasteiger partial charge is 0.465 e. The van der Waals surface area contributed by atoms with Gasteiger partial charge in [-0.3, -0.25) is 14.1 Å². The number of esters is 2. The van der Waals surface area contributed by atoms with Gasteiger partial charge in [0.05, 0.1) is 19.6 Å². The Morgan fingerprint density at radius 1 is 0.833 bits per heavy atom. The normalized spacial score (nSPS) is 15.9. The van der Waals surface area contributed by atoms with Gasteiger partial charge in [-0.25, -0.2) is 0 Å². The molecule has 0 rings (SSSR count). The summed E-state index contributed by atoms with van der Waals surface area (Å²) in [5.41, 5.74) is 0.311. The molecule has 0 aliphatic rings. The zero-order valence-corrected chi connectivity index (χ0v) is 20.8. The number of carbonyl (C=O) groups excluding carboxylic acids is 2. The maximum atomic E-state index is 12.2. The van der Waals surface area contributed by atoms with Crippen molar-refractivity contribution in [3.63, 3.8) is 0 Å². The van der Waals surface area contributed by atoms with Crippen LogP contribution in [0.3, 0.4) is 0 Å². The predicted molar refractivity (Wildman–Crippen MR) is 118 cm³/mol. The molecule has 3 atom stereocenters. The highest BCUT2D eigenvalue weighted by Gasteiger charge is 2.36. The molecule has 0 radical (unpaired) electrons. The average molecular weight is 451 g/mol. The lowest BCUT2D eigenvalue weighted by atomic mass is 9.87. The van der Waals surface area contributed by atoms with E-state index in [1.807, 2.05) is 13.8 Å². The fourth-order valence-electron chi connectivity index (χ4n) is 2.60. The van der Waals surface area contributed by atoms with Gasteiger partial charge in [-0.1, -0.05) is 55.4 Å². The van der Waals surface area contributed by atoms with E-state index in [-0.39, 0.29) is 35.9 Å². The number of hydrogen-bond donors (Lipinski definition) is 1. The van der Waals surface area contributed by atoms with Crippen molar-refractivity contribution in [2.45, 2.75) is 92.7 Å². The van der Waals surface area contributed by atoms with Gasteiger partial charge in [0.1, 0.15) is 0 Å². The highest BCUT2D eigenvalue weighted by atomic mass is 32.2. The van der Waals surface area contributed by atoms with Gasteiger partial charge in [-0.2, -0.15) is 8.42 Å². The summed E-state index contributed by atoms with van der Waals surface area (Å²) in [5, 5.41) is -1.97. The van der Waals surface area contributed by atoms with E-state index in [2.05, 4.69) is 41.5 Å². The smallest absolute Gasteiger partial charge is 0.327 e. The summed E-state index contributed by atoms with van der Waals surface area (Å²) in [7, 11) is -4.79. The molecule has 7 nitrogen and oxygen atoms in total. The minimum absolute atomic E-state index is 0.0276. The van der Waals surface area contributed by atoms with Gasteiger partial charge >= 0.3 is 11.9 Å². The minimum Gasteiger partial charge on any atom is -0.465 e. The van der Waals surface area contributed by atoms with Crippen LogP contribution >= 0.6 is 0 Å². The summed E-state index contributed by atoms with van der Waals surface area (Å²) in [6.45, 7) is 16.7. The second kappa shape index (κ2) is 12.0. The Hall–Kier alpha value is -1.15. The van der Waals surface area contributed by atoms with E-state index in [1.165, 1.54) is 0 Å². The molecule has 30 heavy (non-hydrogen) atoms. The second-order valence-corrected chi connectivity index (χ2v) is 12.5. The van der Waals surface area contributed by atoms with Crippen LogP contribution in [0.25, 0.3) is 0 Å². The van der Waals surface area contributed by atoms with Crippen molar-refractivity contribution in [3.05, 3.63) is 0 Å². The van der Waals surface area contributed by atoms with Crippen molar-refractivity contribution < 1.29 is 32.0 Å². The van der Waals surface area contributed by atoms with Crippen LogP contribution in [0.2, 0.25) is 0 Å². The maximum Gasteiger partial charge on any atom is 0.327 e. The van der Waals surface area contributed by atoms with Crippen LogP contribution in [-0.4, -0.2) is 43.4 Å². The third-order valence-electron chi connectivity index (χ3n) is 4.79. The first-order valence-electron chi connectivity index (χ1n) is 10.7. The van der Waals surface area contributed by atoms with Crippen molar-refractivity contribution in [2.24, 2.45) is 22.7 Å². The number of hydrogen-bond acceptors (Lipinski definition) is 6. The second-order valence-electron chi connectivity index (χ2n) is 10.9. The van der Waals surface area contributed by atoms with Crippen molar-refractivity contribution in [1.29, 1.82) is 0 Å². The van der Waals surface area contributed by atoms with Gasteiger partial charge in [0.2, 0.25) is 0 Å². The molecular formula is C22H42O7S. The Morgan fingerprint density at radius 2 is 1.23 bits per heavy atom. The molecule has 0 saturated carbocycles. The van der Waals surface area contributed by atoms with Crippen LogP contribution in [-0.2, 0) is 29.2 Å². The van der Waals surface area contributed by atoms with Gasteiger partial charge in [-0.05, 0) is 48.3 Å². The summed E-state index contributed by atoms with van der Waals surface area (Å²) in [6.07, 6.45) is 2.78. The summed E-state index contributed by atoms with van der Waals surface area (Å²) < 4.78 is 42.8. The Balaban J connectivity index is 4.64. The predicted octanol–water partition coefficient (Wildman–Crippen LogP) is 4.64. The van der Waals surface area contributed by atoms with Crippen LogP contribution in [0.5, 0.6) is 0 Å². The van der Waals surface area contributed by atoms with E-state index in [0.29, 0.717) is 0 Å². The number of ether oxygens (including phenoxy) is 2. The molecule has 0 aromatic carbocycles. The molecular weight excluding hydrogens is 408 g/mol. The molecule has 0 aliphatic carbocycles. The Labute approximate surface area is 183 Å². The highest BCUT2D eigenvalue weighted by Crippen LogP contribution is 2.24. The molecule has 0 bridgehead atoms. The highest BCUT2D eigenvalue weighted by molar-refractivity contribution is 7.87. The molecule has 0 amide bonds. The quantitative estimate of drug-likeness (QED) is 0.341. The van der Waals surface area contributed by atoms with Gasteiger partial charge in [0.25, 0.3) is 10.1 Å². The first-order valence-corrected chi connectivity index (χ1v) is 12.2. The van der Waals surface area contributed by atoms with Crippen LogP contribution in [0.1, 0.15) is 87.5 Å². The Kier molecular flexibility index (Phi) is 11.6. The lowest BCUT2D eigenvalue weighted by Gasteiger charge is -2.21. The van der Waals surface area contributed by atoms with Crippen LogP contribution < -0.4 is 0 Å². The molecule has 0 spiro atoms. The molecule has 0 saturated heterocycles. The molecule has 0 heterocycles. The van der Waals surface area contributed by atoms with E-state index >= 15 is 0 Å². The number of rotatable bonds is 12. The van der Waals surface area contributed by atoms with Crippen LogP contribution in [0.4, 0.5) is 0 Å². The summed E-state index contributed by atoms with van der Waals surface area (Å²) in [4.78, 5) is 24.3. The maximum absolute atomic E-state index is 12.2. The summed E-state index contributed by atoms with van der Waals surface area (Å²) in [6, 6.07) is 0. The fraction of sp³-hybridized carbons (Fsp3) is 0.909. The third-order valence-corrected chi connectivity index (χ3v) is 5.87. The topological polar surface area (TPSA) is 107 Å². The van der Waals surface area contributed by atoms with Gasteiger partial charge < -0.3 is 9.47 Å². The average Bonchev–Trinajstić information content (AvgIpc) is 2.56. The van der Waals surface area contributed by atoms with E-state index < -0.39 is 33.7 Å². The Morgan fingerprint density at radius 3 is 1.60 bits per heavy atom. The molecule has 0 aromatic rings. The molecule has 3 unspecified atom stereocenters. The molecule has 0 aliphatic heterocycles. The summed E-state index contributed by atoms with van der Waals surface area (Å²) in [5.74, 6) is -1.84. The van der Waals surface area contributed by atoms with Crippen LogP contribution in [0, 0.1) is 22.7 Å². The lowest BCUT2D eigenvalue weighted by molar-refractivity contribution is -0.151. The van der Waals surface area contributed by atoms with Crippen molar-refractivity contribution >= 4 is 22.1 Å². The first kappa shape index (κ1) is 28.9. The lowest BCUT2D eigenvalue weighted by Crippen LogP contribution is -2.35. The van der Waals surface area contributed by atoms with Gasteiger partial charge in [-0.15, -0.1) is 0 Å². The van der Waals surface area contributed by atoms with Gasteiger partial charge in [0.15, 0.2) is 5.25 Å². The standard InChI is InChI=1S/C22H42O7S/c1-16(9-11-21(3,4)5)14-28-19(23)13-18(30(25,26)27)20(24)29-15-17(2)10-12-22(6,7)8/h16-18H,9-15H2,1-8H3,(H,25,26,27). The fourth-order valence-corrected chi connectivity index (χ4v) is 3.26. The third kappa shape index (κ3) is 14.8. The van der Waals surface area contributed by atoms with Crippen molar-refractivity contribution in [2.75, 3.05) is 13.2 Å². The first-order chi connectivity index (χ1) is 13.4. The molecule has 178 valence electrons. The number of carbonyl (C=O) groups is 2. The van der Waals surface area contributed by atoms with E-state index in [1.54, 1.807) is 0 Å². The summed E-state index contributed by atoms with van der Waals surface area (Å²) >= 11 is 0. The zero-order chi connectivity index (χ0) is 23.8. The van der Waals surface area contributed by atoms with Gasteiger partial charge in [0, 0.05) is 0 Å². The van der Waals surface area contributed by atoms with Crippen LogP contribution in [0.15, 0.2) is 0 Å². The minimum atomic E-state index is -4.79. The van der Waals surface area contributed by atoms with E-state index in [4.69, 9.17) is 9.47 Å².